The van der Waals surface area contributed by atoms with Crippen LogP contribution in [0.25, 0.3) is 5.69 Å². The summed E-state index contributed by atoms with van der Waals surface area (Å²) >= 11 is 0. The molecule has 1 aliphatic heterocycles. The van der Waals surface area contributed by atoms with Gasteiger partial charge in [0.05, 0.1) is 29.1 Å². The average Bonchev–Trinajstić information content (AvgIpc) is 2.95. The third-order valence-electron chi connectivity index (χ3n) is 4.36. The highest BCUT2D eigenvalue weighted by molar-refractivity contribution is 5.87. The summed E-state index contributed by atoms with van der Waals surface area (Å²) in [5, 5.41) is 8.29. The fourth-order valence-electron chi connectivity index (χ4n) is 2.94. The standard InChI is InChI=1S/C19H18FN7/c1-12-8-22-19(23-9-12)10-21-11-26-13(2)6-17-14(3)24-25-27(17)18-7-15(20)4-5-16(18)26/h4-5,7-9,11H,2,6,10H2,1,3H3. The number of aryl methyl sites for hydroxylation is 2. The number of rotatable bonds is 3. The summed E-state index contributed by atoms with van der Waals surface area (Å²) in [4.78, 5) is 14.8. The van der Waals surface area contributed by atoms with Gasteiger partial charge in [-0.25, -0.2) is 19.0 Å². The first-order valence-corrected chi connectivity index (χ1v) is 8.48. The van der Waals surface area contributed by atoms with Gasteiger partial charge in [-0.2, -0.15) is 0 Å². The number of halogens is 1. The Balaban J connectivity index is 1.70. The van der Waals surface area contributed by atoms with Crippen LogP contribution in [0, 0.1) is 19.7 Å². The van der Waals surface area contributed by atoms with Crippen molar-refractivity contribution in [3.8, 4) is 5.69 Å². The van der Waals surface area contributed by atoms with Crippen LogP contribution < -0.4 is 4.90 Å². The zero-order valence-electron chi connectivity index (χ0n) is 15.1. The first-order valence-electron chi connectivity index (χ1n) is 8.48. The number of allylic oxidation sites excluding steroid dienone is 1. The molecule has 0 N–H and O–H groups in total. The molecule has 1 aliphatic rings. The molecular formula is C19H18FN7. The minimum atomic E-state index is -0.342. The summed E-state index contributed by atoms with van der Waals surface area (Å²) in [6, 6.07) is 4.54. The molecule has 7 nitrogen and oxygen atoms in total. The van der Waals surface area contributed by atoms with Crippen LogP contribution in [0.2, 0.25) is 0 Å². The smallest absolute Gasteiger partial charge is 0.149 e. The number of hydrogen-bond donors (Lipinski definition) is 0. The van der Waals surface area contributed by atoms with Gasteiger partial charge in [-0.15, -0.1) is 5.10 Å². The Morgan fingerprint density at radius 2 is 2.00 bits per heavy atom. The van der Waals surface area contributed by atoms with Crippen LogP contribution in [-0.2, 0) is 13.0 Å². The van der Waals surface area contributed by atoms with Gasteiger partial charge in [0.15, 0.2) is 0 Å². The molecule has 0 fully saturated rings. The second kappa shape index (κ2) is 6.71. The molecule has 3 aromatic rings. The normalized spacial score (nSPS) is 13.6. The average molecular weight is 363 g/mol. The predicted octanol–water partition coefficient (Wildman–Crippen LogP) is 2.92. The number of hydrogen-bond acceptors (Lipinski definition) is 5. The van der Waals surface area contributed by atoms with Crippen molar-refractivity contribution < 1.29 is 4.39 Å². The molecule has 0 spiro atoms. The third-order valence-corrected chi connectivity index (χ3v) is 4.36. The van der Waals surface area contributed by atoms with Gasteiger partial charge in [-0.05, 0) is 31.5 Å². The molecule has 0 aliphatic carbocycles. The van der Waals surface area contributed by atoms with Crippen molar-refractivity contribution in [1.82, 2.24) is 25.0 Å². The lowest BCUT2D eigenvalue weighted by Crippen LogP contribution is -2.21. The lowest BCUT2D eigenvalue weighted by atomic mass is 10.2. The van der Waals surface area contributed by atoms with Crippen molar-refractivity contribution in [3.63, 3.8) is 0 Å². The highest BCUT2D eigenvalue weighted by Crippen LogP contribution is 2.32. The van der Waals surface area contributed by atoms with Gasteiger partial charge in [-0.3, -0.25) is 4.99 Å². The van der Waals surface area contributed by atoms with Crippen molar-refractivity contribution in [1.29, 1.82) is 0 Å². The molecule has 0 unspecified atom stereocenters. The van der Waals surface area contributed by atoms with Crippen molar-refractivity contribution in [3.05, 3.63) is 71.5 Å². The van der Waals surface area contributed by atoms with Crippen molar-refractivity contribution in [2.24, 2.45) is 4.99 Å². The van der Waals surface area contributed by atoms with Crippen molar-refractivity contribution in [2.45, 2.75) is 26.8 Å². The second-order valence-corrected chi connectivity index (χ2v) is 6.41. The van der Waals surface area contributed by atoms with Gasteiger partial charge in [-0.1, -0.05) is 11.8 Å². The van der Waals surface area contributed by atoms with E-state index in [2.05, 4.69) is 31.9 Å². The van der Waals surface area contributed by atoms with E-state index >= 15 is 0 Å². The molecule has 0 radical (unpaired) electrons. The Bertz CT molecular complexity index is 1040. The van der Waals surface area contributed by atoms with E-state index in [-0.39, 0.29) is 5.82 Å². The number of fused-ring (bicyclic) bond motifs is 3. The minimum absolute atomic E-state index is 0.339. The fourth-order valence-corrected chi connectivity index (χ4v) is 2.94. The Morgan fingerprint density at radius 3 is 2.78 bits per heavy atom. The van der Waals surface area contributed by atoms with Gasteiger partial charge in [0.25, 0.3) is 0 Å². The van der Waals surface area contributed by atoms with Gasteiger partial charge in [0.1, 0.15) is 18.2 Å². The highest BCUT2D eigenvalue weighted by atomic mass is 19.1. The molecule has 27 heavy (non-hydrogen) atoms. The van der Waals surface area contributed by atoms with E-state index in [1.807, 2.05) is 18.7 Å². The quantitative estimate of drug-likeness (QED) is 0.528. The topological polar surface area (TPSA) is 72.1 Å². The summed E-state index contributed by atoms with van der Waals surface area (Å²) in [7, 11) is 0. The van der Waals surface area contributed by atoms with Crippen molar-refractivity contribution >= 4 is 12.0 Å². The number of benzene rings is 1. The number of aliphatic imine (C=N–C) groups is 1. The zero-order chi connectivity index (χ0) is 19.0. The van der Waals surface area contributed by atoms with Gasteiger partial charge < -0.3 is 4.90 Å². The van der Waals surface area contributed by atoms with Gasteiger partial charge in [0.2, 0.25) is 0 Å². The first kappa shape index (κ1) is 17.0. The Labute approximate surface area is 155 Å². The summed E-state index contributed by atoms with van der Waals surface area (Å²) in [6.07, 6.45) is 5.73. The molecule has 2 aromatic heterocycles. The van der Waals surface area contributed by atoms with E-state index in [4.69, 9.17) is 0 Å². The van der Waals surface area contributed by atoms with E-state index in [9.17, 15) is 4.39 Å². The lowest BCUT2D eigenvalue weighted by Gasteiger charge is -2.21. The minimum Gasteiger partial charge on any atom is -0.303 e. The summed E-state index contributed by atoms with van der Waals surface area (Å²) in [5.74, 6) is 0.287. The first-order chi connectivity index (χ1) is 13.0. The molecule has 3 heterocycles. The maximum absolute atomic E-state index is 13.9. The summed E-state index contributed by atoms with van der Waals surface area (Å²) in [6.45, 7) is 8.33. The molecule has 0 atom stereocenters. The third kappa shape index (κ3) is 3.21. The Kier molecular flexibility index (Phi) is 4.23. The fraction of sp³-hybridized carbons (Fsp3) is 0.211. The molecule has 136 valence electrons. The molecule has 0 saturated carbocycles. The lowest BCUT2D eigenvalue weighted by molar-refractivity contribution is 0.624. The summed E-state index contributed by atoms with van der Waals surface area (Å²) in [5.41, 5.74) is 4.79. The largest absolute Gasteiger partial charge is 0.303 e. The van der Waals surface area contributed by atoms with Crippen LogP contribution in [0.3, 0.4) is 0 Å². The van der Waals surface area contributed by atoms with E-state index in [0.29, 0.717) is 24.5 Å². The molecule has 0 bridgehead atoms. The zero-order valence-corrected chi connectivity index (χ0v) is 15.1. The van der Waals surface area contributed by atoms with Gasteiger partial charge >= 0.3 is 0 Å². The SMILES string of the molecule is C=C1Cc2c(C)nnn2-c2cc(F)ccc2N1C=NCc1ncc(C)cn1. The van der Waals surface area contributed by atoms with Gasteiger partial charge in [0, 0.05) is 30.6 Å². The molecule has 4 rings (SSSR count). The van der Waals surface area contributed by atoms with Crippen LogP contribution in [0.5, 0.6) is 0 Å². The highest BCUT2D eigenvalue weighted by Gasteiger charge is 2.24. The molecule has 0 saturated heterocycles. The monoisotopic (exact) mass is 363 g/mol. The van der Waals surface area contributed by atoms with E-state index in [1.54, 1.807) is 29.5 Å². The molecule has 8 heteroatoms. The Morgan fingerprint density at radius 1 is 1.22 bits per heavy atom. The number of nitrogens with zero attached hydrogens (tertiary/aromatic N) is 7. The van der Waals surface area contributed by atoms with Crippen LogP contribution in [0.4, 0.5) is 10.1 Å². The molecular weight excluding hydrogens is 345 g/mol. The van der Waals surface area contributed by atoms with Crippen LogP contribution in [-0.4, -0.2) is 31.3 Å². The number of anilines is 1. The van der Waals surface area contributed by atoms with Crippen molar-refractivity contribution in [2.75, 3.05) is 4.90 Å². The molecule has 1 aromatic carbocycles. The van der Waals surface area contributed by atoms with Crippen LogP contribution in [0.15, 0.2) is 47.9 Å². The van der Waals surface area contributed by atoms with Crippen LogP contribution in [0.1, 0.15) is 22.8 Å². The predicted molar refractivity (Wildman–Crippen MR) is 100 cm³/mol. The van der Waals surface area contributed by atoms with E-state index in [1.165, 1.54) is 12.1 Å². The van der Waals surface area contributed by atoms with E-state index in [0.717, 1.165) is 28.3 Å². The number of aromatic nitrogens is 5. The summed E-state index contributed by atoms with van der Waals surface area (Å²) < 4.78 is 15.6. The molecule has 0 amide bonds. The Hall–Kier alpha value is -3.42. The maximum atomic E-state index is 13.9. The second-order valence-electron chi connectivity index (χ2n) is 6.41. The van der Waals surface area contributed by atoms with Crippen LogP contribution >= 0.6 is 0 Å². The van der Waals surface area contributed by atoms with E-state index < -0.39 is 0 Å². The maximum Gasteiger partial charge on any atom is 0.149 e.